The van der Waals surface area contributed by atoms with Gasteiger partial charge in [-0.25, -0.2) is 13.1 Å². The molecule has 1 heterocycles. The predicted octanol–water partition coefficient (Wildman–Crippen LogP) is 0.456. The first-order valence-electron chi connectivity index (χ1n) is 6.07. The van der Waals surface area contributed by atoms with Crippen LogP contribution in [-0.4, -0.2) is 24.7 Å². The van der Waals surface area contributed by atoms with E-state index in [1.165, 1.54) is 6.07 Å². The van der Waals surface area contributed by atoms with Crippen LogP contribution in [0.4, 0.5) is 5.69 Å². The van der Waals surface area contributed by atoms with Crippen LogP contribution in [-0.2, 0) is 16.6 Å². The number of hydrogen-bond donors (Lipinski definition) is 3. The molecule has 1 aromatic carbocycles. The molecule has 108 valence electrons. The zero-order valence-electron chi connectivity index (χ0n) is 11.1. The molecule has 0 amide bonds. The van der Waals surface area contributed by atoms with Gasteiger partial charge in [0.1, 0.15) is 4.90 Å². The second-order valence-corrected chi connectivity index (χ2v) is 6.05. The van der Waals surface area contributed by atoms with Crippen molar-refractivity contribution in [1.82, 2.24) is 14.5 Å². The lowest BCUT2D eigenvalue weighted by Crippen LogP contribution is -2.28. The van der Waals surface area contributed by atoms with Crippen LogP contribution in [0.15, 0.2) is 41.6 Å². The number of nitrogens with one attached hydrogen (secondary N) is 2. The first-order valence-corrected chi connectivity index (χ1v) is 7.55. The molecule has 8 heteroatoms. The number of benzene rings is 1. The maximum atomic E-state index is 12.2. The molecule has 2 aromatic rings. The Hall–Kier alpha value is -1.90. The molecule has 0 saturated carbocycles. The summed E-state index contributed by atoms with van der Waals surface area (Å²) in [4.78, 5) is 0.124. The molecular weight excluding hydrogens is 278 g/mol. The van der Waals surface area contributed by atoms with Crippen LogP contribution in [0, 0.1) is 6.92 Å². The molecule has 0 radical (unpaired) electrons. The largest absolute Gasteiger partial charge is 0.323 e. The van der Waals surface area contributed by atoms with Gasteiger partial charge in [0.05, 0.1) is 18.4 Å². The Bertz CT molecular complexity index is 681. The van der Waals surface area contributed by atoms with Crippen LogP contribution in [0.25, 0.3) is 0 Å². The summed E-state index contributed by atoms with van der Waals surface area (Å²) in [5.41, 5.74) is 3.77. The fourth-order valence-electron chi connectivity index (χ4n) is 1.78. The second-order valence-electron chi connectivity index (χ2n) is 4.32. The molecular formula is C12H17N5O2S. The van der Waals surface area contributed by atoms with Gasteiger partial charge in [0, 0.05) is 12.7 Å². The van der Waals surface area contributed by atoms with E-state index in [2.05, 4.69) is 15.2 Å². The Kier molecular flexibility index (Phi) is 4.38. The quantitative estimate of drug-likeness (QED) is 0.530. The van der Waals surface area contributed by atoms with Crippen molar-refractivity contribution < 1.29 is 8.42 Å². The van der Waals surface area contributed by atoms with Crippen molar-refractivity contribution in [2.24, 2.45) is 5.84 Å². The third kappa shape index (κ3) is 3.35. The molecule has 0 saturated heterocycles. The van der Waals surface area contributed by atoms with E-state index in [4.69, 9.17) is 5.84 Å². The van der Waals surface area contributed by atoms with Gasteiger partial charge in [-0.3, -0.25) is 10.5 Å². The van der Waals surface area contributed by atoms with Gasteiger partial charge in [-0.2, -0.15) is 5.10 Å². The van der Waals surface area contributed by atoms with Crippen LogP contribution in [0.1, 0.15) is 5.56 Å². The summed E-state index contributed by atoms with van der Waals surface area (Å²) in [5.74, 6) is 5.31. The molecule has 0 aliphatic rings. The average molecular weight is 295 g/mol. The highest BCUT2D eigenvalue weighted by Gasteiger charge is 2.17. The minimum atomic E-state index is -3.60. The summed E-state index contributed by atoms with van der Waals surface area (Å²) in [6.45, 7) is 2.64. The van der Waals surface area contributed by atoms with Crippen molar-refractivity contribution in [1.29, 1.82) is 0 Å². The van der Waals surface area contributed by atoms with Crippen LogP contribution in [0.5, 0.6) is 0 Å². The van der Waals surface area contributed by atoms with Crippen LogP contribution >= 0.6 is 0 Å². The summed E-state index contributed by atoms with van der Waals surface area (Å²) in [6.07, 6.45) is 3.58. The standard InChI is InChI=1S/C12H17N5O2S/c1-10-8-14-17(9-10)7-6-15-20(18,19)12-5-3-2-4-11(12)16-13/h2-5,8-9,15-16H,6-7,13H2,1H3. The number of aromatic nitrogens is 2. The van der Waals surface area contributed by atoms with Gasteiger partial charge in [-0.05, 0) is 24.6 Å². The van der Waals surface area contributed by atoms with Gasteiger partial charge in [0.2, 0.25) is 10.0 Å². The van der Waals surface area contributed by atoms with Gasteiger partial charge in [0.15, 0.2) is 0 Å². The van der Waals surface area contributed by atoms with E-state index in [9.17, 15) is 8.42 Å². The first kappa shape index (κ1) is 14.5. The van der Waals surface area contributed by atoms with Crippen molar-refractivity contribution in [2.45, 2.75) is 18.4 Å². The zero-order chi connectivity index (χ0) is 14.6. The topological polar surface area (TPSA) is 102 Å². The van der Waals surface area contributed by atoms with Crippen LogP contribution < -0.4 is 16.0 Å². The maximum absolute atomic E-state index is 12.2. The number of nitrogen functional groups attached to an aromatic ring is 1. The van der Waals surface area contributed by atoms with Gasteiger partial charge >= 0.3 is 0 Å². The van der Waals surface area contributed by atoms with E-state index in [0.717, 1.165) is 5.56 Å². The highest BCUT2D eigenvalue weighted by molar-refractivity contribution is 7.89. The SMILES string of the molecule is Cc1cnn(CCNS(=O)(=O)c2ccccc2NN)c1. The van der Waals surface area contributed by atoms with Gasteiger partial charge < -0.3 is 5.43 Å². The summed E-state index contributed by atoms with van der Waals surface area (Å²) in [7, 11) is -3.60. The van der Waals surface area contributed by atoms with Crippen molar-refractivity contribution >= 4 is 15.7 Å². The lowest BCUT2D eigenvalue weighted by Gasteiger charge is -2.10. The lowest BCUT2D eigenvalue weighted by molar-refractivity contribution is 0.561. The molecule has 7 nitrogen and oxygen atoms in total. The normalized spacial score (nSPS) is 11.5. The number of nitrogens with two attached hydrogens (primary N) is 1. The summed E-state index contributed by atoms with van der Waals surface area (Å²) >= 11 is 0. The lowest BCUT2D eigenvalue weighted by atomic mass is 10.3. The maximum Gasteiger partial charge on any atom is 0.242 e. The van der Waals surface area contributed by atoms with E-state index in [1.54, 1.807) is 29.1 Å². The summed E-state index contributed by atoms with van der Waals surface area (Å²) in [6, 6.07) is 6.45. The average Bonchev–Trinajstić information content (AvgIpc) is 2.84. The van der Waals surface area contributed by atoms with Crippen molar-refractivity contribution in [3.63, 3.8) is 0 Å². The summed E-state index contributed by atoms with van der Waals surface area (Å²) < 4.78 is 28.6. The van der Waals surface area contributed by atoms with Crippen molar-refractivity contribution in [2.75, 3.05) is 12.0 Å². The van der Waals surface area contributed by atoms with Gasteiger partial charge in [0.25, 0.3) is 0 Å². The van der Waals surface area contributed by atoms with Crippen LogP contribution in [0.2, 0.25) is 0 Å². The Labute approximate surface area is 117 Å². The minimum absolute atomic E-state index is 0.124. The molecule has 0 atom stereocenters. The fraction of sp³-hybridized carbons (Fsp3) is 0.250. The Morgan fingerprint density at radius 1 is 1.35 bits per heavy atom. The number of aryl methyl sites for hydroxylation is 1. The molecule has 0 unspecified atom stereocenters. The Morgan fingerprint density at radius 2 is 2.10 bits per heavy atom. The number of sulfonamides is 1. The van der Waals surface area contributed by atoms with E-state index in [0.29, 0.717) is 12.2 Å². The molecule has 0 aliphatic carbocycles. The predicted molar refractivity (Wildman–Crippen MR) is 76.4 cm³/mol. The second kappa shape index (κ2) is 6.04. The minimum Gasteiger partial charge on any atom is -0.323 e. The Balaban J connectivity index is 2.04. The highest BCUT2D eigenvalue weighted by atomic mass is 32.2. The smallest absolute Gasteiger partial charge is 0.242 e. The molecule has 2 rings (SSSR count). The third-order valence-electron chi connectivity index (χ3n) is 2.73. The number of rotatable bonds is 6. The van der Waals surface area contributed by atoms with Crippen molar-refractivity contribution in [3.8, 4) is 0 Å². The van der Waals surface area contributed by atoms with Gasteiger partial charge in [-0.15, -0.1) is 0 Å². The van der Waals surface area contributed by atoms with Crippen LogP contribution in [0.3, 0.4) is 0 Å². The molecule has 1 aromatic heterocycles. The Morgan fingerprint density at radius 3 is 2.75 bits per heavy atom. The molecule has 0 aliphatic heterocycles. The van der Waals surface area contributed by atoms with E-state index < -0.39 is 10.0 Å². The third-order valence-corrected chi connectivity index (χ3v) is 4.25. The molecule has 4 N–H and O–H groups in total. The van der Waals surface area contributed by atoms with Gasteiger partial charge in [-0.1, -0.05) is 12.1 Å². The molecule has 0 bridgehead atoms. The fourth-order valence-corrected chi connectivity index (χ4v) is 2.97. The summed E-state index contributed by atoms with van der Waals surface area (Å²) in [5, 5.41) is 4.09. The number of nitrogens with zero attached hydrogens (tertiary/aromatic N) is 2. The van der Waals surface area contributed by atoms with Crippen molar-refractivity contribution in [3.05, 3.63) is 42.2 Å². The monoisotopic (exact) mass is 295 g/mol. The van der Waals surface area contributed by atoms with E-state index in [1.807, 2.05) is 13.1 Å². The van der Waals surface area contributed by atoms with E-state index in [-0.39, 0.29) is 11.4 Å². The highest BCUT2D eigenvalue weighted by Crippen LogP contribution is 2.18. The van der Waals surface area contributed by atoms with E-state index >= 15 is 0 Å². The molecule has 0 spiro atoms. The zero-order valence-corrected chi connectivity index (χ0v) is 11.9. The number of para-hydroxylation sites is 1. The molecule has 20 heavy (non-hydrogen) atoms. The number of hydrazine groups is 1. The number of anilines is 1. The first-order chi connectivity index (χ1) is 9.53. The number of hydrogen-bond acceptors (Lipinski definition) is 5. The molecule has 0 fully saturated rings.